The van der Waals surface area contributed by atoms with Crippen molar-refractivity contribution in [1.82, 2.24) is 15.1 Å². The lowest BCUT2D eigenvalue weighted by atomic mass is 10.3. The lowest BCUT2D eigenvalue weighted by Crippen LogP contribution is -2.27. The molecule has 0 bridgehead atoms. The third kappa shape index (κ3) is 4.94. The number of amides is 1. The number of nitrogens with one attached hydrogen (secondary N) is 1. The van der Waals surface area contributed by atoms with Crippen molar-refractivity contribution in [2.24, 2.45) is 0 Å². The number of halogens is 1. The second-order valence-corrected chi connectivity index (χ2v) is 6.70. The van der Waals surface area contributed by atoms with Gasteiger partial charge in [0.25, 0.3) is 5.91 Å². The normalized spacial score (nSPS) is 10.7. The molecule has 0 unspecified atom stereocenters. The number of carbonyl (C=O) groups excluding carboxylic acids is 1. The Hall–Kier alpha value is -3.33. The molecule has 10 heteroatoms. The predicted molar refractivity (Wildman–Crippen MR) is 105 cm³/mol. The van der Waals surface area contributed by atoms with Crippen molar-refractivity contribution in [2.45, 2.75) is 27.0 Å². The number of rotatable bonds is 8. The maximum absolute atomic E-state index is 12.2. The number of furan rings is 1. The van der Waals surface area contributed by atoms with Gasteiger partial charge in [-0.15, -0.1) is 0 Å². The Morgan fingerprint density at radius 2 is 2.00 bits per heavy atom. The van der Waals surface area contributed by atoms with E-state index in [2.05, 4.69) is 10.4 Å². The largest absolute Gasteiger partial charge is 0.486 e. The fourth-order valence-corrected chi connectivity index (χ4v) is 2.92. The first-order valence-electron chi connectivity index (χ1n) is 8.79. The van der Waals surface area contributed by atoms with E-state index in [9.17, 15) is 14.9 Å². The Labute approximate surface area is 171 Å². The van der Waals surface area contributed by atoms with Crippen LogP contribution in [-0.4, -0.2) is 27.2 Å². The summed E-state index contributed by atoms with van der Waals surface area (Å²) in [6.45, 7) is 3.93. The number of aryl methyl sites for hydroxylation is 1. The van der Waals surface area contributed by atoms with Gasteiger partial charge in [0.2, 0.25) is 0 Å². The monoisotopic (exact) mass is 418 g/mol. The van der Waals surface area contributed by atoms with Crippen molar-refractivity contribution >= 4 is 23.2 Å². The summed E-state index contributed by atoms with van der Waals surface area (Å²) in [5, 5.41) is 18.5. The van der Waals surface area contributed by atoms with Crippen LogP contribution in [0.15, 0.2) is 40.8 Å². The quantitative estimate of drug-likeness (QED) is 0.441. The van der Waals surface area contributed by atoms with E-state index in [1.54, 1.807) is 50.2 Å². The minimum atomic E-state index is -0.455. The van der Waals surface area contributed by atoms with Crippen LogP contribution < -0.4 is 10.1 Å². The average molecular weight is 419 g/mol. The molecule has 3 aromatic rings. The molecule has 1 amide bonds. The Bertz CT molecular complexity index is 1030. The van der Waals surface area contributed by atoms with Crippen LogP contribution in [0.2, 0.25) is 5.02 Å². The summed E-state index contributed by atoms with van der Waals surface area (Å²) in [6, 6.07) is 10.1. The Morgan fingerprint density at radius 3 is 2.66 bits per heavy atom. The molecule has 0 atom stereocenters. The number of carbonyl (C=O) groups is 1. The molecule has 0 saturated carbocycles. The van der Waals surface area contributed by atoms with Gasteiger partial charge < -0.3 is 14.5 Å². The molecule has 1 N–H and O–H groups in total. The van der Waals surface area contributed by atoms with E-state index in [-0.39, 0.29) is 24.6 Å². The number of aromatic nitrogens is 2. The van der Waals surface area contributed by atoms with Crippen molar-refractivity contribution < 1.29 is 18.9 Å². The standard InChI is InChI=1S/C19H19ClN4O5/c1-12-18(24(26)27)13(2)23(22-12)10-9-21-19(25)17-8-7-16(29-17)11-28-15-5-3-14(20)4-6-15/h3-8H,9-11H2,1-2H3,(H,21,25). The molecule has 0 aliphatic carbocycles. The summed E-state index contributed by atoms with van der Waals surface area (Å²) in [7, 11) is 0. The smallest absolute Gasteiger partial charge is 0.312 e. The molecule has 0 radical (unpaired) electrons. The molecule has 29 heavy (non-hydrogen) atoms. The van der Waals surface area contributed by atoms with Gasteiger partial charge in [-0.05, 0) is 50.2 Å². The Morgan fingerprint density at radius 1 is 1.28 bits per heavy atom. The second-order valence-electron chi connectivity index (χ2n) is 6.26. The van der Waals surface area contributed by atoms with E-state index in [0.717, 1.165) is 0 Å². The molecular weight excluding hydrogens is 400 g/mol. The molecule has 9 nitrogen and oxygen atoms in total. The van der Waals surface area contributed by atoms with Crippen LogP contribution in [0.1, 0.15) is 27.7 Å². The first kappa shape index (κ1) is 20.4. The summed E-state index contributed by atoms with van der Waals surface area (Å²) < 4.78 is 12.6. The highest BCUT2D eigenvalue weighted by Gasteiger charge is 2.21. The van der Waals surface area contributed by atoms with E-state index in [1.165, 1.54) is 4.68 Å². The number of hydrogen-bond acceptors (Lipinski definition) is 6. The summed E-state index contributed by atoms with van der Waals surface area (Å²) in [5.74, 6) is 0.896. The fraction of sp³-hybridized carbons (Fsp3) is 0.263. The summed E-state index contributed by atoms with van der Waals surface area (Å²) in [4.78, 5) is 22.8. The summed E-state index contributed by atoms with van der Waals surface area (Å²) >= 11 is 5.83. The van der Waals surface area contributed by atoms with Crippen molar-refractivity contribution in [2.75, 3.05) is 6.54 Å². The maximum atomic E-state index is 12.2. The van der Waals surface area contributed by atoms with E-state index in [0.29, 0.717) is 34.5 Å². The van der Waals surface area contributed by atoms with Gasteiger partial charge >= 0.3 is 5.69 Å². The summed E-state index contributed by atoms with van der Waals surface area (Å²) in [5.41, 5.74) is 0.782. The lowest BCUT2D eigenvalue weighted by Gasteiger charge is -2.05. The van der Waals surface area contributed by atoms with E-state index in [1.807, 2.05) is 0 Å². The van der Waals surface area contributed by atoms with Crippen LogP contribution in [-0.2, 0) is 13.2 Å². The van der Waals surface area contributed by atoms with Gasteiger partial charge in [0.15, 0.2) is 5.76 Å². The van der Waals surface area contributed by atoms with Crippen LogP contribution in [0.25, 0.3) is 0 Å². The zero-order valence-corrected chi connectivity index (χ0v) is 16.6. The van der Waals surface area contributed by atoms with Gasteiger partial charge in [-0.25, -0.2) is 0 Å². The fourth-order valence-electron chi connectivity index (χ4n) is 2.79. The average Bonchev–Trinajstić information content (AvgIpc) is 3.26. The first-order valence-corrected chi connectivity index (χ1v) is 9.16. The Kier molecular flexibility index (Phi) is 6.18. The number of hydrogen-bond donors (Lipinski definition) is 1. The first-order chi connectivity index (χ1) is 13.8. The van der Waals surface area contributed by atoms with Gasteiger partial charge in [0.05, 0.1) is 11.5 Å². The molecule has 2 aromatic heterocycles. The number of benzene rings is 1. The molecule has 1 aromatic carbocycles. The van der Waals surface area contributed by atoms with Crippen LogP contribution in [0, 0.1) is 24.0 Å². The molecule has 152 valence electrons. The van der Waals surface area contributed by atoms with E-state index < -0.39 is 10.8 Å². The van der Waals surface area contributed by atoms with Crippen molar-refractivity contribution in [3.05, 3.63) is 74.4 Å². The van der Waals surface area contributed by atoms with Crippen LogP contribution >= 0.6 is 11.6 Å². The number of nitro groups is 1. The van der Waals surface area contributed by atoms with Gasteiger partial charge in [-0.1, -0.05) is 11.6 Å². The third-order valence-corrected chi connectivity index (χ3v) is 4.47. The molecule has 0 fully saturated rings. The van der Waals surface area contributed by atoms with Crippen molar-refractivity contribution in [3.8, 4) is 5.75 Å². The van der Waals surface area contributed by atoms with E-state index >= 15 is 0 Å². The van der Waals surface area contributed by atoms with Crippen LogP contribution in [0.5, 0.6) is 5.75 Å². The van der Waals surface area contributed by atoms with Crippen molar-refractivity contribution in [1.29, 1.82) is 0 Å². The van der Waals surface area contributed by atoms with E-state index in [4.69, 9.17) is 20.8 Å². The lowest BCUT2D eigenvalue weighted by molar-refractivity contribution is -0.386. The van der Waals surface area contributed by atoms with Gasteiger partial charge in [0.1, 0.15) is 29.5 Å². The van der Waals surface area contributed by atoms with Crippen LogP contribution in [0.4, 0.5) is 5.69 Å². The van der Waals surface area contributed by atoms with Crippen molar-refractivity contribution in [3.63, 3.8) is 0 Å². The zero-order valence-electron chi connectivity index (χ0n) is 15.8. The molecular formula is C19H19ClN4O5. The van der Waals surface area contributed by atoms with Gasteiger partial charge in [-0.3, -0.25) is 19.6 Å². The molecule has 0 spiro atoms. The molecule has 0 saturated heterocycles. The number of nitrogens with zero attached hydrogens (tertiary/aromatic N) is 3. The molecule has 3 rings (SSSR count). The maximum Gasteiger partial charge on any atom is 0.312 e. The van der Waals surface area contributed by atoms with Gasteiger partial charge in [0, 0.05) is 11.6 Å². The Balaban J connectivity index is 1.51. The molecule has 0 aliphatic heterocycles. The topological polar surface area (TPSA) is 112 Å². The highest BCUT2D eigenvalue weighted by Crippen LogP contribution is 2.21. The van der Waals surface area contributed by atoms with Gasteiger partial charge in [-0.2, -0.15) is 5.10 Å². The summed E-state index contributed by atoms with van der Waals surface area (Å²) in [6.07, 6.45) is 0. The molecule has 2 heterocycles. The predicted octanol–water partition coefficient (Wildman–Crippen LogP) is 3.66. The second kappa shape index (κ2) is 8.78. The SMILES string of the molecule is Cc1nn(CCNC(=O)c2ccc(COc3ccc(Cl)cc3)o2)c(C)c1[N+](=O)[O-]. The molecule has 0 aliphatic rings. The number of ether oxygens (including phenoxy) is 1. The van der Waals surface area contributed by atoms with Crippen LogP contribution in [0.3, 0.4) is 0 Å². The minimum Gasteiger partial charge on any atom is -0.486 e. The highest BCUT2D eigenvalue weighted by molar-refractivity contribution is 6.30. The highest BCUT2D eigenvalue weighted by atomic mass is 35.5. The zero-order chi connectivity index (χ0) is 21.0. The minimum absolute atomic E-state index is 0.00677. The third-order valence-electron chi connectivity index (χ3n) is 4.22.